The van der Waals surface area contributed by atoms with Gasteiger partial charge in [0.2, 0.25) is 0 Å². The fraction of sp³-hybridized carbons (Fsp3) is 0.914. The van der Waals surface area contributed by atoms with Gasteiger partial charge in [0.1, 0.15) is 13.1 Å². The maximum absolute atomic E-state index is 9.81. The van der Waals surface area contributed by atoms with Crippen LogP contribution in [0.2, 0.25) is 0 Å². The summed E-state index contributed by atoms with van der Waals surface area (Å²) in [6.45, 7) is 9.04. The molecular weight excluding hydrogens is 464 g/mol. The van der Waals surface area contributed by atoms with Crippen LogP contribution in [0.5, 0.6) is 0 Å². The molecular formula is C35H69N2O+. The maximum Gasteiger partial charge on any atom is 0.198 e. The van der Waals surface area contributed by atoms with Crippen LogP contribution in [0.3, 0.4) is 0 Å². The Morgan fingerprint density at radius 3 is 1.53 bits per heavy atom. The van der Waals surface area contributed by atoms with Gasteiger partial charge in [-0.05, 0) is 44.9 Å². The number of hydrogen-bond acceptors (Lipinski definition) is 2. The molecule has 0 bridgehead atoms. The molecule has 0 fully saturated rings. The molecule has 3 nitrogen and oxygen atoms in total. The van der Waals surface area contributed by atoms with E-state index in [1.165, 1.54) is 166 Å². The molecule has 3 heteroatoms. The van der Waals surface area contributed by atoms with Crippen molar-refractivity contribution in [3.8, 4) is 0 Å². The van der Waals surface area contributed by atoms with Gasteiger partial charge in [-0.15, -0.1) is 0 Å². The number of aliphatic hydroxyl groups excluding tert-OH is 1. The molecule has 1 aliphatic heterocycles. The molecule has 1 unspecified atom stereocenters. The maximum atomic E-state index is 9.81. The first-order valence-corrected chi connectivity index (χ1v) is 17.4. The molecule has 1 atom stereocenters. The minimum absolute atomic E-state index is 0.295. The van der Waals surface area contributed by atoms with Crippen molar-refractivity contribution >= 4 is 5.84 Å². The average Bonchev–Trinajstić information content (AvgIpc) is 3.31. The summed E-state index contributed by atoms with van der Waals surface area (Å²) in [6.07, 6.45) is 39.0. The fourth-order valence-electron chi connectivity index (χ4n) is 6.18. The van der Waals surface area contributed by atoms with Crippen molar-refractivity contribution in [3.63, 3.8) is 0 Å². The fourth-order valence-corrected chi connectivity index (χ4v) is 6.18. The first-order valence-electron chi connectivity index (χ1n) is 17.4. The van der Waals surface area contributed by atoms with Gasteiger partial charge >= 0.3 is 0 Å². The molecule has 0 aliphatic carbocycles. The molecule has 1 N–H and O–H groups in total. The third-order valence-electron chi connectivity index (χ3n) is 8.75. The summed E-state index contributed by atoms with van der Waals surface area (Å²) in [5, 5.41) is 9.81. The van der Waals surface area contributed by atoms with Crippen molar-refractivity contribution in [1.29, 1.82) is 0 Å². The van der Waals surface area contributed by atoms with Crippen LogP contribution < -0.4 is 0 Å². The minimum atomic E-state index is 0.295. The molecule has 0 aromatic carbocycles. The number of quaternary nitrogens is 1. The third kappa shape index (κ3) is 18.6. The predicted octanol–water partition coefficient (Wildman–Crippen LogP) is 10.6. The lowest BCUT2D eigenvalue weighted by atomic mass is 10.0. The van der Waals surface area contributed by atoms with Crippen molar-refractivity contribution < 1.29 is 9.59 Å². The molecule has 1 heterocycles. The van der Waals surface area contributed by atoms with E-state index in [4.69, 9.17) is 4.99 Å². The zero-order valence-corrected chi connectivity index (χ0v) is 26.2. The summed E-state index contributed by atoms with van der Waals surface area (Å²) >= 11 is 0. The van der Waals surface area contributed by atoms with E-state index in [0.717, 1.165) is 30.5 Å². The number of allylic oxidation sites excluding steroid dienone is 2. The molecule has 1 rings (SSSR count). The molecule has 0 aromatic rings. The Kier molecular flexibility index (Phi) is 24.7. The zero-order valence-electron chi connectivity index (χ0n) is 26.2. The van der Waals surface area contributed by atoms with E-state index in [-0.39, 0.29) is 0 Å². The zero-order chi connectivity index (χ0) is 27.4. The Morgan fingerprint density at radius 1 is 0.579 bits per heavy atom. The van der Waals surface area contributed by atoms with Gasteiger partial charge in [0.25, 0.3) is 0 Å². The van der Waals surface area contributed by atoms with Crippen molar-refractivity contribution in [3.05, 3.63) is 12.2 Å². The SMILES string of the molecule is CCCCCCCCC=CCCCCCCCC[N+]1(CCO)CCN=C1CCCCCCCCCCCC. The van der Waals surface area contributed by atoms with Crippen molar-refractivity contribution in [1.82, 2.24) is 0 Å². The molecule has 0 spiro atoms. The molecule has 224 valence electrons. The van der Waals surface area contributed by atoms with Gasteiger partial charge in [-0.25, -0.2) is 4.99 Å². The Hall–Kier alpha value is -0.670. The Labute approximate surface area is 239 Å². The van der Waals surface area contributed by atoms with Crippen LogP contribution in [-0.2, 0) is 0 Å². The summed E-state index contributed by atoms with van der Waals surface area (Å²) in [6, 6.07) is 0. The van der Waals surface area contributed by atoms with Crippen LogP contribution in [-0.4, -0.2) is 48.2 Å². The standard InChI is InChI=1S/C35H69N2O/c1-3-5-7-9-11-13-15-16-17-18-19-20-22-24-26-28-31-37(33-34-38)32-30-36-35(37)29-27-25-23-21-14-12-10-8-6-4-2/h16-17,38H,3-15,18-34H2,1-2H3/q+1. The summed E-state index contributed by atoms with van der Waals surface area (Å²) in [7, 11) is 0. The summed E-state index contributed by atoms with van der Waals surface area (Å²) in [5.74, 6) is 1.41. The van der Waals surface area contributed by atoms with Gasteiger partial charge < -0.3 is 5.11 Å². The Morgan fingerprint density at radius 2 is 1.03 bits per heavy atom. The van der Waals surface area contributed by atoms with Gasteiger partial charge in [-0.1, -0.05) is 135 Å². The quantitative estimate of drug-likeness (QED) is 0.0579. The molecule has 1 aliphatic rings. The van der Waals surface area contributed by atoms with Crippen molar-refractivity contribution in [2.24, 2.45) is 4.99 Å². The second-order valence-electron chi connectivity index (χ2n) is 12.2. The second-order valence-corrected chi connectivity index (χ2v) is 12.2. The first-order chi connectivity index (χ1) is 18.8. The Bertz CT molecular complexity index is 558. The van der Waals surface area contributed by atoms with Crippen LogP contribution in [0.1, 0.15) is 174 Å². The number of unbranched alkanes of at least 4 members (excludes halogenated alkanes) is 21. The van der Waals surface area contributed by atoms with E-state index >= 15 is 0 Å². The minimum Gasteiger partial charge on any atom is -0.390 e. The smallest absolute Gasteiger partial charge is 0.198 e. The van der Waals surface area contributed by atoms with Crippen LogP contribution in [0.4, 0.5) is 0 Å². The number of amidine groups is 1. The molecule has 0 saturated heterocycles. The van der Waals surface area contributed by atoms with E-state index in [1.54, 1.807) is 0 Å². The molecule has 38 heavy (non-hydrogen) atoms. The average molecular weight is 534 g/mol. The molecule has 0 saturated carbocycles. The Balaban J connectivity index is 2.06. The van der Waals surface area contributed by atoms with Gasteiger partial charge in [0.15, 0.2) is 5.84 Å². The van der Waals surface area contributed by atoms with Crippen molar-refractivity contribution in [2.45, 2.75) is 174 Å². The lowest BCUT2D eigenvalue weighted by Crippen LogP contribution is -2.53. The van der Waals surface area contributed by atoms with Crippen molar-refractivity contribution in [2.75, 3.05) is 32.8 Å². The van der Waals surface area contributed by atoms with Crippen LogP contribution in [0.25, 0.3) is 0 Å². The third-order valence-corrected chi connectivity index (χ3v) is 8.75. The van der Waals surface area contributed by atoms with E-state index in [2.05, 4.69) is 26.0 Å². The summed E-state index contributed by atoms with van der Waals surface area (Å²) in [4.78, 5) is 4.95. The van der Waals surface area contributed by atoms with Gasteiger partial charge in [0.05, 0.1) is 19.7 Å². The first kappa shape index (κ1) is 35.4. The highest BCUT2D eigenvalue weighted by atomic mass is 16.3. The number of aliphatic hydroxyl groups is 1. The topological polar surface area (TPSA) is 32.6 Å². The lowest BCUT2D eigenvalue weighted by Gasteiger charge is -2.34. The number of nitrogens with zero attached hydrogens (tertiary/aromatic N) is 2. The molecule has 0 amide bonds. The highest BCUT2D eigenvalue weighted by Crippen LogP contribution is 2.22. The molecule has 0 radical (unpaired) electrons. The number of rotatable bonds is 29. The van der Waals surface area contributed by atoms with Crippen LogP contribution in [0, 0.1) is 0 Å². The van der Waals surface area contributed by atoms with Crippen LogP contribution in [0.15, 0.2) is 17.1 Å². The molecule has 0 aromatic heterocycles. The van der Waals surface area contributed by atoms with E-state index in [1.807, 2.05) is 0 Å². The summed E-state index contributed by atoms with van der Waals surface area (Å²) < 4.78 is 0.997. The largest absolute Gasteiger partial charge is 0.390 e. The van der Waals surface area contributed by atoms with Gasteiger partial charge in [-0.2, -0.15) is 0 Å². The highest BCUT2D eigenvalue weighted by Gasteiger charge is 2.36. The normalized spacial score (nSPS) is 17.6. The van der Waals surface area contributed by atoms with Gasteiger partial charge in [-0.3, -0.25) is 4.48 Å². The van der Waals surface area contributed by atoms with E-state index in [0.29, 0.717) is 6.61 Å². The van der Waals surface area contributed by atoms with Gasteiger partial charge in [0, 0.05) is 6.42 Å². The monoisotopic (exact) mass is 534 g/mol. The van der Waals surface area contributed by atoms with E-state index < -0.39 is 0 Å². The number of aliphatic imine (C=N–C) groups is 1. The van der Waals surface area contributed by atoms with Crippen LogP contribution >= 0.6 is 0 Å². The second kappa shape index (κ2) is 26.5. The number of hydrogen-bond donors (Lipinski definition) is 1. The lowest BCUT2D eigenvalue weighted by molar-refractivity contribution is -0.837. The predicted molar refractivity (Wildman–Crippen MR) is 170 cm³/mol. The highest BCUT2D eigenvalue weighted by molar-refractivity contribution is 5.76. The van der Waals surface area contributed by atoms with E-state index in [9.17, 15) is 5.11 Å². The summed E-state index contributed by atoms with van der Waals surface area (Å²) in [5.41, 5.74) is 0.